The number of nitrogens with one attached hydrogen (secondary N) is 3. The zero-order valence-electron chi connectivity index (χ0n) is 33.4. The summed E-state index contributed by atoms with van der Waals surface area (Å²) in [4.78, 5) is 60.2. The predicted molar refractivity (Wildman–Crippen MR) is 216 cm³/mol. The number of hydrogen-bond acceptors (Lipinski definition) is 7. The number of amides is 3. The first-order valence-corrected chi connectivity index (χ1v) is 20.2. The lowest BCUT2D eigenvalue weighted by atomic mass is 9.92. The third-order valence-electron chi connectivity index (χ3n) is 12.3. The van der Waals surface area contributed by atoms with Crippen molar-refractivity contribution in [1.82, 2.24) is 35.1 Å². The SMILES string of the molecule is CCC(C)CC(=O)N1C(C)CCC1c1nc2c(ccc3cc4c(cc32)OCc2cc(-c3cnc(C5CC(C)CN5C(=O)C(NC(=O)OC)C(C)C)[nH]3)ccc2-4)[nH]1. The van der Waals surface area contributed by atoms with Gasteiger partial charge in [-0.25, -0.2) is 14.8 Å². The quantitative estimate of drug-likeness (QED) is 0.137. The number of likely N-dealkylation sites (tertiary alicyclic amines) is 2. The van der Waals surface area contributed by atoms with Gasteiger partial charge in [0, 0.05) is 30.0 Å². The summed E-state index contributed by atoms with van der Waals surface area (Å²) in [7, 11) is 1.30. The van der Waals surface area contributed by atoms with E-state index in [2.05, 4.69) is 90.3 Å². The molecule has 12 nitrogen and oxygen atoms in total. The van der Waals surface area contributed by atoms with Crippen LogP contribution in [0.15, 0.2) is 48.7 Å². The molecule has 0 spiro atoms. The molecule has 2 aromatic heterocycles. The van der Waals surface area contributed by atoms with Gasteiger partial charge in [0.15, 0.2) is 0 Å². The molecule has 0 bridgehead atoms. The van der Waals surface area contributed by atoms with Crippen molar-refractivity contribution in [2.45, 2.75) is 104 Å². The molecule has 6 unspecified atom stereocenters. The Morgan fingerprint density at radius 1 is 1.00 bits per heavy atom. The Morgan fingerprint density at radius 3 is 2.59 bits per heavy atom. The van der Waals surface area contributed by atoms with Crippen LogP contribution in [0.25, 0.3) is 44.2 Å². The minimum absolute atomic E-state index is 0.0550. The maximum absolute atomic E-state index is 13.8. The van der Waals surface area contributed by atoms with Crippen LogP contribution in [0.3, 0.4) is 0 Å². The number of rotatable bonds is 9. The molecule has 5 aromatic rings. The molecule has 0 saturated carbocycles. The second kappa shape index (κ2) is 14.9. The standard InChI is InChI=1S/C44H53N7O5/c1-8-24(4)16-38(52)51-26(6)9-14-35(51)42-46-33-13-11-27-18-32-30-12-10-28(17-29(30)22-56-37(32)19-31(27)40(33)48-42)34-20-45-41(47-34)36-15-25(5)21-50(36)43(53)39(23(2)3)49-44(54)55-7/h10-13,17-20,23-26,35-36,39H,8-9,14-16,21-22H2,1-7H3,(H,45,47)(H,46,48)(H,49,54). The number of aromatic nitrogens is 4. The van der Waals surface area contributed by atoms with Crippen molar-refractivity contribution in [3.63, 3.8) is 0 Å². The van der Waals surface area contributed by atoms with Gasteiger partial charge in [0.1, 0.15) is 30.0 Å². The average Bonchev–Trinajstić information content (AvgIpc) is 4.01. The molecule has 0 aliphatic carbocycles. The van der Waals surface area contributed by atoms with E-state index in [9.17, 15) is 14.4 Å². The number of ether oxygens (including phenoxy) is 2. The van der Waals surface area contributed by atoms with Crippen LogP contribution in [0.4, 0.5) is 4.79 Å². The Morgan fingerprint density at radius 2 is 1.82 bits per heavy atom. The van der Waals surface area contributed by atoms with E-state index in [1.165, 1.54) is 7.11 Å². The van der Waals surface area contributed by atoms with Crippen LogP contribution in [0.1, 0.15) is 103 Å². The van der Waals surface area contributed by atoms with Crippen LogP contribution in [0, 0.1) is 17.8 Å². The lowest BCUT2D eigenvalue weighted by Crippen LogP contribution is -2.51. The molecule has 3 N–H and O–H groups in total. The number of aromatic amines is 2. The Bertz CT molecular complexity index is 2310. The minimum atomic E-state index is -0.698. The van der Waals surface area contributed by atoms with Gasteiger partial charge in [0.2, 0.25) is 11.8 Å². The number of carbonyl (C=O) groups excluding carboxylic acids is 3. The molecule has 6 atom stereocenters. The van der Waals surface area contributed by atoms with E-state index < -0.39 is 12.1 Å². The van der Waals surface area contributed by atoms with Gasteiger partial charge in [-0.1, -0.05) is 59.2 Å². The van der Waals surface area contributed by atoms with Gasteiger partial charge in [0.25, 0.3) is 0 Å². The molecule has 294 valence electrons. The van der Waals surface area contributed by atoms with Crippen molar-refractivity contribution in [2.24, 2.45) is 17.8 Å². The highest BCUT2D eigenvalue weighted by Crippen LogP contribution is 2.44. The third-order valence-corrected chi connectivity index (χ3v) is 12.3. The normalized spacial score (nSPS) is 21.6. The molecule has 8 rings (SSSR count). The van der Waals surface area contributed by atoms with Gasteiger partial charge >= 0.3 is 6.09 Å². The summed E-state index contributed by atoms with van der Waals surface area (Å²) >= 11 is 0. The fourth-order valence-corrected chi connectivity index (χ4v) is 8.93. The number of hydrogen-bond donors (Lipinski definition) is 3. The van der Waals surface area contributed by atoms with Gasteiger partial charge in [-0.15, -0.1) is 0 Å². The van der Waals surface area contributed by atoms with Crippen molar-refractivity contribution in [3.05, 3.63) is 65.9 Å². The highest BCUT2D eigenvalue weighted by molar-refractivity contribution is 6.07. The summed E-state index contributed by atoms with van der Waals surface area (Å²) in [5, 5.41) is 4.82. The summed E-state index contributed by atoms with van der Waals surface area (Å²) in [6, 6.07) is 14.1. The Hall–Kier alpha value is -5.39. The summed E-state index contributed by atoms with van der Waals surface area (Å²) in [5.41, 5.74) is 6.92. The van der Waals surface area contributed by atoms with E-state index >= 15 is 0 Å². The number of alkyl carbamates (subject to hydrolysis) is 1. The van der Waals surface area contributed by atoms with Crippen LogP contribution < -0.4 is 10.1 Å². The first-order chi connectivity index (χ1) is 26.9. The van der Waals surface area contributed by atoms with E-state index in [0.717, 1.165) is 92.8 Å². The fourth-order valence-electron chi connectivity index (χ4n) is 8.93. The average molecular weight is 760 g/mol. The summed E-state index contributed by atoms with van der Waals surface area (Å²) in [5.74, 6) is 3.00. The van der Waals surface area contributed by atoms with Crippen LogP contribution in [0.5, 0.6) is 5.75 Å². The number of H-pyrrole nitrogens is 2. The Labute approximate surface area is 327 Å². The molecule has 2 saturated heterocycles. The van der Waals surface area contributed by atoms with Gasteiger partial charge in [-0.2, -0.15) is 0 Å². The van der Waals surface area contributed by atoms with E-state index in [1.807, 2.05) is 24.9 Å². The molecule has 5 heterocycles. The van der Waals surface area contributed by atoms with Crippen molar-refractivity contribution < 1.29 is 23.9 Å². The topological polar surface area (TPSA) is 146 Å². The van der Waals surface area contributed by atoms with Gasteiger partial charge < -0.3 is 34.6 Å². The van der Waals surface area contributed by atoms with Crippen LogP contribution in [0.2, 0.25) is 0 Å². The number of methoxy groups -OCH3 is 1. The molecule has 3 amide bonds. The second-order valence-corrected chi connectivity index (χ2v) is 16.7. The van der Waals surface area contributed by atoms with Crippen LogP contribution >= 0.6 is 0 Å². The zero-order chi connectivity index (χ0) is 39.4. The van der Waals surface area contributed by atoms with Gasteiger partial charge in [0.05, 0.1) is 42.1 Å². The monoisotopic (exact) mass is 759 g/mol. The maximum atomic E-state index is 13.8. The lowest BCUT2D eigenvalue weighted by molar-refractivity contribution is -0.136. The maximum Gasteiger partial charge on any atom is 0.407 e. The van der Waals surface area contributed by atoms with E-state index in [4.69, 9.17) is 19.4 Å². The van der Waals surface area contributed by atoms with Crippen LogP contribution in [-0.4, -0.2) is 73.4 Å². The molecular weight excluding hydrogens is 707 g/mol. The molecule has 0 radical (unpaired) electrons. The van der Waals surface area contributed by atoms with Crippen LogP contribution in [-0.2, 0) is 20.9 Å². The number of carbonyl (C=O) groups is 3. The summed E-state index contributed by atoms with van der Waals surface area (Å²) in [6.45, 7) is 13.4. The minimum Gasteiger partial charge on any atom is -0.488 e. The van der Waals surface area contributed by atoms with Crippen molar-refractivity contribution in [3.8, 4) is 28.1 Å². The molecule has 12 heteroatoms. The smallest absolute Gasteiger partial charge is 0.407 e. The first-order valence-electron chi connectivity index (χ1n) is 20.2. The van der Waals surface area contributed by atoms with Crippen molar-refractivity contribution in [2.75, 3.05) is 13.7 Å². The Kier molecular flexibility index (Phi) is 10.0. The molecule has 56 heavy (non-hydrogen) atoms. The van der Waals surface area contributed by atoms with Gasteiger partial charge in [-0.3, -0.25) is 9.59 Å². The Balaban J connectivity index is 1.05. The second-order valence-electron chi connectivity index (χ2n) is 16.7. The molecule has 2 fully saturated rings. The lowest BCUT2D eigenvalue weighted by Gasteiger charge is -2.30. The van der Waals surface area contributed by atoms with E-state index in [0.29, 0.717) is 25.5 Å². The third kappa shape index (κ3) is 6.77. The molecular formula is C44H53N7O5. The highest BCUT2D eigenvalue weighted by atomic mass is 16.5. The molecule has 3 aliphatic rings. The van der Waals surface area contributed by atoms with Gasteiger partial charge in [-0.05, 0) is 90.3 Å². The molecule has 3 aliphatic heterocycles. The van der Waals surface area contributed by atoms with E-state index in [1.54, 1.807) is 0 Å². The number of nitrogens with zero attached hydrogens (tertiary/aromatic N) is 4. The molecule has 3 aromatic carbocycles. The van der Waals surface area contributed by atoms with Crippen molar-refractivity contribution in [1.29, 1.82) is 0 Å². The zero-order valence-corrected chi connectivity index (χ0v) is 33.4. The summed E-state index contributed by atoms with van der Waals surface area (Å²) in [6.07, 6.45) is 5.40. The predicted octanol–water partition coefficient (Wildman–Crippen LogP) is 8.44. The summed E-state index contributed by atoms with van der Waals surface area (Å²) < 4.78 is 11.2. The van der Waals surface area contributed by atoms with E-state index in [-0.39, 0.29) is 41.8 Å². The van der Waals surface area contributed by atoms with Crippen molar-refractivity contribution >= 4 is 39.7 Å². The number of imidazole rings is 2. The number of fused-ring (bicyclic) bond motifs is 6. The fraction of sp³-hybridized carbons (Fsp3) is 0.477. The first kappa shape index (κ1) is 37.5. The number of benzene rings is 3. The largest absolute Gasteiger partial charge is 0.488 e. The highest BCUT2D eigenvalue weighted by Gasteiger charge is 2.41.